The van der Waals surface area contributed by atoms with E-state index in [0.717, 1.165) is 39.5 Å². The maximum Gasteiger partial charge on any atom is 0.412 e. The van der Waals surface area contributed by atoms with Crippen LogP contribution in [-0.2, 0) is 4.74 Å². The molecule has 0 atom stereocenters. The fourth-order valence-electron chi connectivity index (χ4n) is 2.96. The summed E-state index contributed by atoms with van der Waals surface area (Å²) in [6, 6.07) is 0. The minimum absolute atomic E-state index is 0.389. The summed E-state index contributed by atoms with van der Waals surface area (Å²) in [6.07, 6.45) is 0.219. The van der Waals surface area contributed by atoms with Crippen molar-refractivity contribution in [1.29, 1.82) is 0 Å². The monoisotopic (exact) mass is 342 g/mol. The van der Waals surface area contributed by atoms with E-state index in [4.69, 9.17) is 4.74 Å². The number of rotatable bonds is 2. The van der Waals surface area contributed by atoms with E-state index in [2.05, 4.69) is 10.3 Å². The first-order chi connectivity index (χ1) is 11.5. The number of hydrogen-bond acceptors (Lipinski definition) is 4. The standard InChI is InChI=1S/C20H26N2O3/c1-10-12(3)16-13(4)11(2)15(9-23)21-18(16)17(14(10)5)22-19(24)25-20(6,7)8/h9H,1-8H3,(H,22,24). The van der Waals surface area contributed by atoms with Gasteiger partial charge in [0.05, 0.1) is 11.2 Å². The SMILES string of the molecule is Cc1c(C)c(C)c2c(C)c(C)c(C=O)nc2c1NC(=O)OC(C)(C)C. The zero-order valence-corrected chi connectivity index (χ0v) is 16.2. The molecular formula is C20H26N2O3. The number of carbonyl (C=O) groups is 2. The molecule has 5 nitrogen and oxygen atoms in total. The minimum atomic E-state index is -0.596. The molecule has 1 aromatic heterocycles. The van der Waals surface area contributed by atoms with E-state index in [1.807, 2.05) is 55.4 Å². The Morgan fingerprint density at radius 1 is 0.960 bits per heavy atom. The molecule has 0 radical (unpaired) electrons. The molecule has 5 heteroatoms. The predicted octanol–water partition coefficient (Wildman–Crippen LogP) is 4.94. The average Bonchev–Trinajstić information content (AvgIpc) is 2.50. The largest absolute Gasteiger partial charge is 0.444 e. The molecule has 1 amide bonds. The van der Waals surface area contributed by atoms with Crippen LogP contribution < -0.4 is 5.32 Å². The second-order valence-corrected chi connectivity index (χ2v) is 7.47. The van der Waals surface area contributed by atoms with Crippen LogP contribution in [0.5, 0.6) is 0 Å². The number of amides is 1. The van der Waals surface area contributed by atoms with Crippen molar-refractivity contribution >= 4 is 29.0 Å². The molecule has 134 valence electrons. The molecule has 0 aliphatic heterocycles. The van der Waals surface area contributed by atoms with Gasteiger partial charge in [-0.3, -0.25) is 10.1 Å². The highest BCUT2D eigenvalue weighted by atomic mass is 16.6. The Kier molecular flexibility index (Phi) is 4.89. The van der Waals surface area contributed by atoms with Gasteiger partial charge in [-0.05, 0) is 83.2 Å². The number of nitrogens with zero attached hydrogens (tertiary/aromatic N) is 1. The van der Waals surface area contributed by atoms with Crippen LogP contribution >= 0.6 is 0 Å². The van der Waals surface area contributed by atoms with E-state index in [1.165, 1.54) is 0 Å². The van der Waals surface area contributed by atoms with Crippen LogP contribution in [0.3, 0.4) is 0 Å². The van der Waals surface area contributed by atoms with Crippen molar-refractivity contribution in [3.05, 3.63) is 33.5 Å². The Hall–Kier alpha value is -2.43. The van der Waals surface area contributed by atoms with Crippen molar-refractivity contribution in [2.75, 3.05) is 5.32 Å². The number of ether oxygens (including phenoxy) is 1. The minimum Gasteiger partial charge on any atom is -0.444 e. The second kappa shape index (κ2) is 6.47. The van der Waals surface area contributed by atoms with E-state index in [9.17, 15) is 9.59 Å². The normalized spacial score (nSPS) is 11.5. The van der Waals surface area contributed by atoms with Gasteiger partial charge < -0.3 is 4.74 Å². The highest BCUT2D eigenvalue weighted by molar-refractivity contribution is 6.04. The number of fused-ring (bicyclic) bond motifs is 1. The third-order valence-corrected chi connectivity index (χ3v) is 4.64. The Balaban J connectivity index is 2.77. The summed E-state index contributed by atoms with van der Waals surface area (Å²) < 4.78 is 5.38. The number of aryl methyl sites for hydroxylation is 2. The first kappa shape index (κ1) is 18.9. The molecule has 0 aliphatic rings. The summed E-state index contributed by atoms with van der Waals surface area (Å²) in [6.45, 7) is 15.3. The third kappa shape index (κ3) is 3.50. The molecule has 1 aromatic carbocycles. The van der Waals surface area contributed by atoms with Crippen LogP contribution in [0.1, 0.15) is 59.1 Å². The fraction of sp³-hybridized carbons (Fsp3) is 0.450. The Labute approximate surface area is 148 Å². The molecule has 0 aliphatic carbocycles. The van der Waals surface area contributed by atoms with Gasteiger partial charge in [0.1, 0.15) is 11.3 Å². The number of anilines is 1. The van der Waals surface area contributed by atoms with Crippen LogP contribution in [0, 0.1) is 34.6 Å². The summed E-state index contributed by atoms with van der Waals surface area (Å²) in [7, 11) is 0. The quantitative estimate of drug-likeness (QED) is 0.785. The number of nitrogens with one attached hydrogen (secondary N) is 1. The first-order valence-electron chi connectivity index (χ1n) is 8.33. The lowest BCUT2D eigenvalue weighted by molar-refractivity contribution is 0.0636. The van der Waals surface area contributed by atoms with Gasteiger partial charge >= 0.3 is 6.09 Å². The van der Waals surface area contributed by atoms with Crippen molar-refractivity contribution in [3.63, 3.8) is 0 Å². The van der Waals surface area contributed by atoms with Crippen LogP contribution in [0.25, 0.3) is 10.9 Å². The van der Waals surface area contributed by atoms with Crippen molar-refractivity contribution in [1.82, 2.24) is 4.98 Å². The van der Waals surface area contributed by atoms with Crippen LogP contribution in [-0.4, -0.2) is 23.0 Å². The number of aromatic nitrogens is 1. The maximum absolute atomic E-state index is 12.3. The third-order valence-electron chi connectivity index (χ3n) is 4.64. The van der Waals surface area contributed by atoms with Gasteiger partial charge in [-0.1, -0.05) is 0 Å². The van der Waals surface area contributed by atoms with Crippen LogP contribution in [0.15, 0.2) is 0 Å². The molecule has 1 N–H and O–H groups in total. The summed E-state index contributed by atoms with van der Waals surface area (Å²) in [5.74, 6) is 0. The zero-order valence-electron chi connectivity index (χ0n) is 16.2. The summed E-state index contributed by atoms with van der Waals surface area (Å²) in [5, 5.41) is 3.81. The van der Waals surface area contributed by atoms with Gasteiger partial charge in [0.25, 0.3) is 0 Å². The van der Waals surface area contributed by atoms with Gasteiger partial charge in [0.15, 0.2) is 6.29 Å². The highest BCUT2D eigenvalue weighted by Gasteiger charge is 2.22. The lowest BCUT2D eigenvalue weighted by Crippen LogP contribution is -2.27. The lowest BCUT2D eigenvalue weighted by atomic mass is 9.92. The fourth-order valence-corrected chi connectivity index (χ4v) is 2.96. The molecule has 0 bridgehead atoms. The molecule has 0 saturated heterocycles. The molecule has 0 fully saturated rings. The van der Waals surface area contributed by atoms with E-state index < -0.39 is 11.7 Å². The number of pyridine rings is 1. The van der Waals surface area contributed by atoms with Crippen LogP contribution in [0.4, 0.5) is 10.5 Å². The van der Waals surface area contributed by atoms with Crippen LogP contribution in [0.2, 0.25) is 0 Å². The predicted molar refractivity (Wildman–Crippen MR) is 101 cm³/mol. The van der Waals surface area contributed by atoms with E-state index >= 15 is 0 Å². The highest BCUT2D eigenvalue weighted by Crippen LogP contribution is 2.36. The summed E-state index contributed by atoms with van der Waals surface area (Å²) in [5.41, 5.74) is 5.98. The van der Waals surface area contributed by atoms with E-state index in [-0.39, 0.29) is 0 Å². The van der Waals surface area contributed by atoms with Gasteiger partial charge in [-0.2, -0.15) is 0 Å². The Bertz CT molecular complexity index is 877. The van der Waals surface area contributed by atoms with Crippen molar-refractivity contribution in [2.24, 2.45) is 0 Å². The maximum atomic E-state index is 12.3. The van der Waals surface area contributed by atoms with Gasteiger partial charge in [-0.15, -0.1) is 0 Å². The van der Waals surface area contributed by atoms with Gasteiger partial charge in [-0.25, -0.2) is 9.78 Å². The Morgan fingerprint density at radius 2 is 1.52 bits per heavy atom. The van der Waals surface area contributed by atoms with Gasteiger partial charge in [0, 0.05) is 5.39 Å². The smallest absolute Gasteiger partial charge is 0.412 e. The summed E-state index contributed by atoms with van der Waals surface area (Å²) in [4.78, 5) is 28.2. The van der Waals surface area contributed by atoms with Crippen molar-refractivity contribution in [3.8, 4) is 0 Å². The zero-order chi connectivity index (χ0) is 19.1. The molecular weight excluding hydrogens is 316 g/mol. The Morgan fingerprint density at radius 3 is 2.04 bits per heavy atom. The van der Waals surface area contributed by atoms with Gasteiger partial charge in [0.2, 0.25) is 0 Å². The van der Waals surface area contributed by atoms with E-state index in [0.29, 0.717) is 16.9 Å². The first-order valence-corrected chi connectivity index (χ1v) is 8.33. The van der Waals surface area contributed by atoms with Crippen molar-refractivity contribution < 1.29 is 14.3 Å². The van der Waals surface area contributed by atoms with E-state index in [1.54, 1.807) is 0 Å². The van der Waals surface area contributed by atoms with Crippen molar-refractivity contribution in [2.45, 2.75) is 61.0 Å². The lowest BCUT2D eigenvalue weighted by Gasteiger charge is -2.22. The number of benzene rings is 1. The molecule has 25 heavy (non-hydrogen) atoms. The molecule has 2 rings (SSSR count). The number of aldehydes is 1. The summed E-state index contributed by atoms with van der Waals surface area (Å²) >= 11 is 0. The topological polar surface area (TPSA) is 68.3 Å². The number of carbonyl (C=O) groups excluding carboxylic acids is 2. The molecule has 2 aromatic rings. The molecule has 0 unspecified atom stereocenters. The second-order valence-electron chi connectivity index (χ2n) is 7.47. The average molecular weight is 342 g/mol. The number of hydrogen-bond donors (Lipinski definition) is 1. The molecule has 1 heterocycles. The molecule has 0 spiro atoms. The molecule has 0 saturated carbocycles.